The predicted octanol–water partition coefficient (Wildman–Crippen LogP) is 13.6. The lowest BCUT2D eigenvalue weighted by molar-refractivity contribution is 0.673. The number of fused-ring (bicyclic) bond motifs is 16. The highest BCUT2D eigenvalue weighted by Gasteiger charge is 2.22. The van der Waals surface area contributed by atoms with Crippen LogP contribution in [0.15, 0.2) is 162 Å². The molecule has 4 heterocycles. The summed E-state index contributed by atoms with van der Waals surface area (Å²) < 4.78 is 11.6. The van der Waals surface area contributed by atoms with Crippen LogP contribution in [0.4, 0.5) is 0 Å². The smallest absolute Gasteiger partial charge is 0.161 e. The molecule has 0 fully saturated rings. The molecule has 0 bridgehead atoms. The van der Waals surface area contributed by atoms with Gasteiger partial charge in [-0.2, -0.15) is 0 Å². The average Bonchev–Trinajstić information content (AvgIpc) is 3.85. The Bertz CT molecular complexity index is 3420. The maximum atomic E-state index is 6.62. The summed E-state index contributed by atoms with van der Waals surface area (Å²) >= 11 is 1.84. The minimum atomic E-state index is 0.900. The van der Waals surface area contributed by atoms with Crippen molar-refractivity contribution in [3.8, 4) is 16.9 Å². The van der Waals surface area contributed by atoms with Crippen molar-refractivity contribution in [2.24, 2.45) is 0 Å². The SMILES string of the molecule is c1ccc2c(c1)nc(-c1ccc(-n3c4cc5c(cc4c4oc6ccccc6c43)sc3ccccc35)cc1)c1c3ccccc3c3ccccc3c21. The molecule has 8 aromatic carbocycles. The van der Waals surface area contributed by atoms with E-state index in [1.807, 2.05) is 17.4 Å². The molecule has 0 aliphatic heterocycles. The second kappa shape index (κ2) is 10.0. The van der Waals surface area contributed by atoms with Crippen molar-refractivity contribution >= 4 is 108 Å². The zero-order valence-corrected chi connectivity index (χ0v) is 28.0. The molecule has 0 saturated heterocycles. The molecule has 0 N–H and O–H groups in total. The first-order valence-electron chi connectivity index (χ1n) is 17.3. The van der Waals surface area contributed by atoms with E-state index in [0.717, 1.165) is 55.4 Å². The second-order valence-corrected chi connectivity index (χ2v) is 14.5. The number of pyridine rings is 1. The first kappa shape index (κ1) is 27.3. The van der Waals surface area contributed by atoms with Gasteiger partial charge < -0.3 is 8.98 Å². The summed E-state index contributed by atoms with van der Waals surface area (Å²) in [4.78, 5) is 5.39. The number of rotatable bonds is 2. The van der Waals surface area contributed by atoms with Crippen molar-refractivity contribution in [2.75, 3.05) is 0 Å². The lowest BCUT2D eigenvalue weighted by Gasteiger charge is -2.16. The first-order chi connectivity index (χ1) is 25.3. The lowest BCUT2D eigenvalue weighted by Crippen LogP contribution is -1.95. The molecule has 0 radical (unpaired) electrons. The quantitative estimate of drug-likeness (QED) is 0.172. The van der Waals surface area contributed by atoms with Gasteiger partial charge in [-0.25, -0.2) is 4.98 Å². The third kappa shape index (κ3) is 3.69. The molecule has 236 valence electrons. The monoisotopic (exact) mass is 666 g/mol. The fourth-order valence-corrected chi connectivity index (χ4v) is 9.68. The van der Waals surface area contributed by atoms with Crippen LogP contribution in [0.5, 0.6) is 0 Å². The van der Waals surface area contributed by atoms with Crippen LogP contribution in [0.3, 0.4) is 0 Å². The largest absolute Gasteiger partial charge is 0.454 e. The molecule has 0 saturated carbocycles. The Morgan fingerprint density at radius 1 is 0.471 bits per heavy atom. The van der Waals surface area contributed by atoms with Gasteiger partial charge in [-0.3, -0.25) is 0 Å². The fourth-order valence-electron chi connectivity index (χ4n) is 8.56. The molecule has 0 aliphatic carbocycles. The number of hydrogen-bond acceptors (Lipinski definition) is 3. The number of aromatic nitrogens is 2. The predicted molar refractivity (Wildman–Crippen MR) is 217 cm³/mol. The maximum absolute atomic E-state index is 6.62. The highest BCUT2D eigenvalue weighted by atomic mass is 32.1. The van der Waals surface area contributed by atoms with Crippen molar-refractivity contribution in [1.82, 2.24) is 9.55 Å². The summed E-state index contributed by atoms with van der Waals surface area (Å²) in [6.07, 6.45) is 0. The normalized spacial score (nSPS) is 12.3. The van der Waals surface area contributed by atoms with Gasteiger partial charge in [0.15, 0.2) is 5.58 Å². The molecular formula is C47H26N2OS. The van der Waals surface area contributed by atoms with Gasteiger partial charge in [0, 0.05) is 58.4 Å². The maximum Gasteiger partial charge on any atom is 0.161 e. The van der Waals surface area contributed by atoms with Crippen LogP contribution < -0.4 is 0 Å². The Morgan fingerprint density at radius 2 is 1.10 bits per heavy atom. The van der Waals surface area contributed by atoms with Gasteiger partial charge in [0.2, 0.25) is 0 Å². The van der Waals surface area contributed by atoms with E-state index in [2.05, 4.69) is 156 Å². The number of nitrogens with zero attached hydrogens (tertiary/aromatic N) is 2. The summed E-state index contributed by atoms with van der Waals surface area (Å²) in [5, 5.41) is 13.4. The van der Waals surface area contributed by atoms with Crippen LogP contribution in [0.1, 0.15) is 0 Å². The Hall–Kier alpha value is -6.49. The molecule has 0 amide bonds. The lowest BCUT2D eigenvalue weighted by atomic mass is 9.90. The van der Waals surface area contributed by atoms with Crippen molar-refractivity contribution in [3.05, 3.63) is 158 Å². The third-order valence-corrected chi connectivity index (χ3v) is 11.9. The Balaban J connectivity index is 1.16. The van der Waals surface area contributed by atoms with Crippen LogP contribution >= 0.6 is 11.3 Å². The summed E-state index contributed by atoms with van der Waals surface area (Å²) in [6, 6.07) is 56.9. The summed E-state index contributed by atoms with van der Waals surface area (Å²) in [5.41, 5.74) is 8.24. The molecule has 51 heavy (non-hydrogen) atoms. The van der Waals surface area contributed by atoms with Gasteiger partial charge in [0.25, 0.3) is 0 Å². The summed E-state index contributed by atoms with van der Waals surface area (Å²) in [5.74, 6) is 0. The molecule has 0 spiro atoms. The van der Waals surface area contributed by atoms with Gasteiger partial charge in [0.1, 0.15) is 11.1 Å². The third-order valence-electron chi connectivity index (χ3n) is 10.7. The Kier molecular flexibility index (Phi) is 5.38. The Labute approximate surface area is 295 Å². The van der Waals surface area contributed by atoms with Crippen LogP contribution in [0, 0.1) is 0 Å². The van der Waals surface area contributed by atoms with Crippen LogP contribution in [0.25, 0.3) is 113 Å². The summed E-state index contributed by atoms with van der Waals surface area (Å²) in [6.45, 7) is 0. The van der Waals surface area contributed by atoms with Crippen LogP contribution in [-0.4, -0.2) is 9.55 Å². The minimum absolute atomic E-state index is 0.900. The van der Waals surface area contributed by atoms with Gasteiger partial charge in [-0.15, -0.1) is 11.3 Å². The number of para-hydroxylation sites is 2. The minimum Gasteiger partial charge on any atom is -0.454 e. The van der Waals surface area contributed by atoms with Gasteiger partial charge in [-0.05, 0) is 70.1 Å². The van der Waals surface area contributed by atoms with Gasteiger partial charge in [0.05, 0.1) is 16.7 Å². The molecule has 4 aromatic heterocycles. The first-order valence-corrected chi connectivity index (χ1v) is 18.1. The van der Waals surface area contributed by atoms with E-state index in [-0.39, 0.29) is 0 Å². The molecule has 12 aromatic rings. The standard InChI is InChI=1S/C47H26N2OS/c1-3-14-32-29(11-1)30-12-2-4-15-33(30)44-43(32)34-16-5-8-18-38(34)48-45(44)27-21-23-28(24-22-27)49-39-25-36-31-13-7-10-20-41(31)51-42(36)26-37(39)47-46(49)35-17-6-9-19-40(35)50-47/h1-26H. The fraction of sp³-hybridized carbons (Fsp3) is 0. The number of thiophene rings is 1. The van der Waals surface area contributed by atoms with E-state index in [1.165, 1.54) is 57.9 Å². The van der Waals surface area contributed by atoms with Crippen LogP contribution in [0.2, 0.25) is 0 Å². The second-order valence-electron chi connectivity index (χ2n) is 13.4. The topological polar surface area (TPSA) is 31.0 Å². The molecule has 0 atom stereocenters. The van der Waals surface area contributed by atoms with E-state index in [0.29, 0.717) is 0 Å². The number of furan rings is 1. The summed E-state index contributed by atoms with van der Waals surface area (Å²) in [7, 11) is 0. The van der Waals surface area contributed by atoms with E-state index < -0.39 is 0 Å². The molecule has 12 rings (SSSR count). The molecule has 4 heteroatoms. The van der Waals surface area contributed by atoms with E-state index >= 15 is 0 Å². The van der Waals surface area contributed by atoms with E-state index in [4.69, 9.17) is 9.40 Å². The van der Waals surface area contributed by atoms with Crippen LogP contribution in [-0.2, 0) is 0 Å². The molecule has 0 unspecified atom stereocenters. The van der Waals surface area contributed by atoms with Crippen molar-refractivity contribution < 1.29 is 4.42 Å². The Morgan fingerprint density at radius 3 is 1.88 bits per heavy atom. The molecular weight excluding hydrogens is 641 g/mol. The van der Waals surface area contributed by atoms with Crippen molar-refractivity contribution in [1.29, 1.82) is 0 Å². The highest BCUT2D eigenvalue weighted by molar-refractivity contribution is 7.25. The number of benzene rings is 8. The van der Waals surface area contributed by atoms with Crippen molar-refractivity contribution in [2.45, 2.75) is 0 Å². The van der Waals surface area contributed by atoms with E-state index in [1.54, 1.807) is 0 Å². The highest BCUT2D eigenvalue weighted by Crippen LogP contribution is 2.45. The zero-order chi connectivity index (χ0) is 33.2. The molecule has 0 aliphatic rings. The zero-order valence-electron chi connectivity index (χ0n) is 27.2. The van der Waals surface area contributed by atoms with Gasteiger partial charge in [-0.1, -0.05) is 109 Å². The average molecular weight is 667 g/mol. The number of hydrogen-bond donors (Lipinski definition) is 0. The van der Waals surface area contributed by atoms with Gasteiger partial charge >= 0.3 is 0 Å². The van der Waals surface area contributed by atoms with Crippen molar-refractivity contribution in [3.63, 3.8) is 0 Å². The molecule has 3 nitrogen and oxygen atoms in total. The van der Waals surface area contributed by atoms with E-state index in [9.17, 15) is 0 Å².